The lowest BCUT2D eigenvalue weighted by atomic mass is 10.1. The molecule has 134 valence electrons. The Labute approximate surface area is 154 Å². The summed E-state index contributed by atoms with van der Waals surface area (Å²) in [4.78, 5) is 9.16. The molecule has 0 aliphatic heterocycles. The van der Waals surface area contributed by atoms with Crippen LogP contribution in [0.25, 0.3) is 11.3 Å². The van der Waals surface area contributed by atoms with Crippen molar-refractivity contribution in [1.82, 2.24) is 9.97 Å². The van der Waals surface area contributed by atoms with Crippen LogP contribution in [0.15, 0.2) is 60.7 Å². The maximum absolute atomic E-state index is 8.97. The Morgan fingerprint density at radius 2 is 1.69 bits per heavy atom. The molecule has 26 heavy (non-hydrogen) atoms. The smallest absolute Gasteiger partial charge is 0.225 e. The highest BCUT2D eigenvalue weighted by Gasteiger charge is 2.07. The van der Waals surface area contributed by atoms with Crippen LogP contribution in [0.5, 0.6) is 0 Å². The molecule has 0 unspecified atom stereocenters. The number of aryl methyl sites for hydroxylation is 1. The Bertz CT molecular complexity index is 836. The molecule has 5 heteroatoms. The topological polar surface area (TPSA) is 70.1 Å². The number of nitrogens with zero attached hydrogens (tertiary/aromatic N) is 2. The van der Waals surface area contributed by atoms with Crippen molar-refractivity contribution in [3.63, 3.8) is 0 Å². The van der Waals surface area contributed by atoms with Gasteiger partial charge in [0, 0.05) is 31.3 Å². The highest BCUT2D eigenvalue weighted by atomic mass is 16.3. The van der Waals surface area contributed by atoms with Crippen molar-refractivity contribution in [2.75, 3.05) is 23.8 Å². The van der Waals surface area contributed by atoms with E-state index in [0.29, 0.717) is 25.5 Å². The Balaban J connectivity index is 1.83. The highest BCUT2D eigenvalue weighted by Crippen LogP contribution is 2.22. The summed E-state index contributed by atoms with van der Waals surface area (Å²) in [6.07, 6.45) is 0.658. The van der Waals surface area contributed by atoms with Gasteiger partial charge in [0.25, 0.3) is 0 Å². The zero-order valence-electron chi connectivity index (χ0n) is 14.9. The number of benzene rings is 2. The monoisotopic (exact) mass is 348 g/mol. The van der Waals surface area contributed by atoms with Gasteiger partial charge in [0.15, 0.2) is 0 Å². The molecular weight excluding hydrogens is 324 g/mol. The minimum atomic E-state index is 0.143. The Morgan fingerprint density at radius 1 is 0.923 bits per heavy atom. The number of nitrogens with one attached hydrogen (secondary N) is 2. The molecule has 0 radical (unpaired) electrons. The number of anilines is 2. The Morgan fingerprint density at radius 3 is 2.46 bits per heavy atom. The van der Waals surface area contributed by atoms with E-state index < -0.39 is 0 Å². The van der Waals surface area contributed by atoms with Gasteiger partial charge in [-0.3, -0.25) is 0 Å². The third kappa shape index (κ3) is 4.80. The van der Waals surface area contributed by atoms with Crippen LogP contribution in [0, 0.1) is 6.92 Å². The fourth-order valence-electron chi connectivity index (χ4n) is 2.65. The van der Waals surface area contributed by atoms with Crippen LogP contribution >= 0.6 is 0 Å². The van der Waals surface area contributed by atoms with Crippen LogP contribution in [0.2, 0.25) is 0 Å². The molecule has 0 aliphatic carbocycles. The van der Waals surface area contributed by atoms with E-state index in [1.807, 2.05) is 48.5 Å². The minimum Gasteiger partial charge on any atom is -0.396 e. The predicted octanol–water partition coefficient (Wildman–Crippen LogP) is 3.86. The van der Waals surface area contributed by atoms with Crippen molar-refractivity contribution < 1.29 is 5.11 Å². The second kappa shape index (κ2) is 8.97. The van der Waals surface area contributed by atoms with Gasteiger partial charge in [-0.25, -0.2) is 4.98 Å². The third-order valence-corrected chi connectivity index (χ3v) is 4.13. The summed E-state index contributed by atoms with van der Waals surface area (Å²) in [6, 6.07) is 20.3. The molecule has 1 aromatic heterocycles. The van der Waals surface area contributed by atoms with E-state index in [-0.39, 0.29) is 6.61 Å². The third-order valence-electron chi connectivity index (χ3n) is 4.13. The van der Waals surface area contributed by atoms with Crippen molar-refractivity contribution in [2.45, 2.75) is 19.9 Å². The number of aliphatic hydroxyl groups is 1. The zero-order valence-corrected chi connectivity index (χ0v) is 14.9. The first-order valence-corrected chi connectivity index (χ1v) is 8.84. The first kappa shape index (κ1) is 17.9. The van der Waals surface area contributed by atoms with Crippen molar-refractivity contribution in [3.8, 4) is 11.3 Å². The molecule has 0 fully saturated rings. The van der Waals surface area contributed by atoms with Crippen LogP contribution in [0.1, 0.15) is 17.5 Å². The second-order valence-electron chi connectivity index (χ2n) is 6.11. The lowest BCUT2D eigenvalue weighted by molar-refractivity contribution is 0.292. The van der Waals surface area contributed by atoms with Gasteiger partial charge in [0.05, 0.1) is 5.69 Å². The summed E-state index contributed by atoms with van der Waals surface area (Å²) in [5.41, 5.74) is 4.39. The standard InChI is InChI=1S/C21H24N4O/c1-16-8-5-6-11-18(16)15-23-20-14-19(17-9-3-2-4-10-17)24-21(25-20)22-12-7-13-26/h2-6,8-11,14,26H,7,12-13,15H2,1H3,(H2,22,23,24,25). The van der Waals surface area contributed by atoms with E-state index in [2.05, 4.69) is 39.7 Å². The van der Waals surface area contributed by atoms with Crippen molar-refractivity contribution in [3.05, 3.63) is 71.8 Å². The molecule has 3 N–H and O–H groups in total. The molecule has 0 saturated heterocycles. The van der Waals surface area contributed by atoms with E-state index in [4.69, 9.17) is 5.11 Å². The molecule has 1 heterocycles. The van der Waals surface area contributed by atoms with Gasteiger partial charge >= 0.3 is 0 Å². The summed E-state index contributed by atoms with van der Waals surface area (Å²) in [7, 11) is 0. The van der Waals surface area contributed by atoms with Crippen LogP contribution < -0.4 is 10.6 Å². The van der Waals surface area contributed by atoms with Gasteiger partial charge in [-0.1, -0.05) is 54.6 Å². The highest BCUT2D eigenvalue weighted by molar-refractivity contribution is 5.64. The molecule has 5 nitrogen and oxygen atoms in total. The lowest BCUT2D eigenvalue weighted by Crippen LogP contribution is -2.10. The molecule has 0 spiro atoms. The van der Waals surface area contributed by atoms with Gasteiger partial charge in [-0.05, 0) is 24.5 Å². The van der Waals surface area contributed by atoms with Gasteiger partial charge in [-0.15, -0.1) is 0 Å². The zero-order chi connectivity index (χ0) is 18.2. The molecule has 0 aliphatic rings. The molecule has 3 rings (SSSR count). The molecule has 3 aromatic rings. The number of rotatable bonds is 8. The van der Waals surface area contributed by atoms with Crippen molar-refractivity contribution >= 4 is 11.8 Å². The van der Waals surface area contributed by atoms with Crippen LogP contribution in [0.3, 0.4) is 0 Å². The second-order valence-corrected chi connectivity index (χ2v) is 6.11. The van der Waals surface area contributed by atoms with Gasteiger partial charge in [0.1, 0.15) is 5.82 Å². The van der Waals surface area contributed by atoms with Gasteiger partial charge < -0.3 is 15.7 Å². The number of hydrogen-bond acceptors (Lipinski definition) is 5. The summed E-state index contributed by atoms with van der Waals surface area (Å²) in [5.74, 6) is 1.33. The van der Waals surface area contributed by atoms with Crippen LogP contribution in [0.4, 0.5) is 11.8 Å². The average Bonchev–Trinajstić information content (AvgIpc) is 2.68. The van der Waals surface area contributed by atoms with Gasteiger partial charge in [-0.2, -0.15) is 4.98 Å². The maximum Gasteiger partial charge on any atom is 0.225 e. The molecule has 0 amide bonds. The largest absolute Gasteiger partial charge is 0.396 e. The van der Waals surface area contributed by atoms with Crippen LogP contribution in [-0.2, 0) is 6.54 Å². The van der Waals surface area contributed by atoms with E-state index in [1.165, 1.54) is 11.1 Å². The summed E-state index contributed by atoms with van der Waals surface area (Å²) in [6.45, 7) is 3.58. The fourth-order valence-corrected chi connectivity index (χ4v) is 2.65. The lowest BCUT2D eigenvalue weighted by Gasteiger charge is -2.12. The Hall–Kier alpha value is -2.92. The molecule has 0 atom stereocenters. The van der Waals surface area contributed by atoms with E-state index in [9.17, 15) is 0 Å². The fraction of sp³-hybridized carbons (Fsp3) is 0.238. The van der Waals surface area contributed by atoms with Gasteiger partial charge in [0.2, 0.25) is 5.95 Å². The first-order chi connectivity index (χ1) is 12.8. The first-order valence-electron chi connectivity index (χ1n) is 8.84. The van der Waals surface area contributed by atoms with E-state index >= 15 is 0 Å². The van der Waals surface area contributed by atoms with Crippen LogP contribution in [-0.4, -0.2) is 28.2 Å². The van der Waals surface area contributed by atoms with E-state index in [0.717, 1.165) is 17.1 Å². The number of aliphatic hydroxyl groups excluding tert-OH is 1. The van der Waals surface area contributed by atoms with Crippen molar-refractivity contribution in [2.24, 2.45) is 0 Å². The Kier molecular flexibility index (Phi) is 6.17. The quantitative estimate of drug-likeness (QED) is 0.539. The molecule has 0 bridgehead atoms. The number of aromatic nitrogens is 2. The van der Waals surface area contributed by atoms with Crippen molar-refractivity contribution in [1.29, 1.82) is 0 Å². The number of hydrogen-bond donors (Lipinski definition) is 3. The summed E-state index contributed by atoms with van der Waals surface area (Å²) in [5, 5.41) is 15.6. The van der Waals surface area contributed by atoms with E-state index in [1.54, 1.807) is 0 Å². The molecule has 0 saturated carbocycles. The predicted molar refractivity (Wildman–Crippen MR) is 106 cm³/mol. The minimum absolute atomic E-state index is 0.143. The maximum atomic E-state index is 8.97. The average molecular weight is 348 g/mol. The molecule has 2 aromatic carbocycles. The normalized spacial score (nSPS) is 10.5. The molecular formula is C21H24N4O. The summed E-state index contributed by atoms with van der Waals surface area (Å²) < 4.78 is 0. The SMILES string of the molecule is Cc1ccccc1CNc1cc(-c2ccccc2)nc(NCCCO)n1. The summed E-state index contributed by atoms with van der Waals surface area (Å²) >= 11 is 0.